The van der Waals surface area contributed by atoms with Gasteiger partial charge in [0.2, 0.25) is 0 Å². The molecule has 3 aromatic rings. The first-order valence-electron chi connectivity index (χ1n) is 10.0. The number of aromatic nitrogens is 2. The third kappa shape index (κ3) is 7.17. The molecule has 11 nitrogen and oxygen atoms in total. The number of carbonyl (C=O) groups excluding carboxylic acids is 2. The van der Waals surface area contributed by atoms with Gasteiger partial charge in [-0.1, -0.05) is 53.5 Å². The van der Waals surface area contributed by atoms with E-state index in [9.17, 15) is 14.4 Å². The lowest BCUT2D eigenvalue weighted by molar-refractivity contribution is -0.131. The molecule has 192 valence electrons. The Bertz CT molecular complexity index is 1250. The maximum atomic E-state index is 12.7. The highest BCUT2D eigenvalue weighted by atomic mass is 35.5. The van der Waals surface area contributed by atoms with E-state index >= 15 is 0 Å². The average Bonchev–Trinajstić information content (AvgIpc) is 2.85. The number of ether oxygens (including phenoxy) is 1. The molecule has 5 N–H and O–H groups in total. The van der Waals surface area contributed by atoms with E-state index in [1.54, 1.807) is 35.8 Å². The summed E-state index contributed by atoms with van der Waals surface area (Å²) in [5.41, 5.74) is 2.83. The van der Waals surface area contributed by atoms with Crippen LogP contribution in [-0.4, -0.2) is 40.0 Å². The Morgan fingerprint density at radius 3 is 2.28 bits per heavy atom. The number of benzene rings is 2. The molecule has 1 heterocycles. The monoisotopic (exact) mass is 557 g/mol. The number of nitrogens with zero attached hydrogens (tertiary/aromatic N) is 2. The topological polar surface area (TPSA) is 158 Å². The predicted octanol–water partition coefficient (Wildman–Crippen LogP) is 2.64. The molecule has 0 saturated carbocycles. The summed E-state index contributed by atoms with van der Waals surface area (Å²) in [5, 5.41) is 15.8. The van der Waals surface area contributed by atoms with Crippen LogP contribution in [-0.2, 0) is 22.7 Å². The number of carbonyl (C=O) groups is 2. The van der Waals surface area contributed by atoms with Crippen LogP contribution in [0.5, 0.6) is 5.75 Å². The van der Waals surface area contributed by atoms with Crippen molar-refractivity contribution in [1.82, 2.24) is 20.6 Å². The van der Waals surface area contributed by atoms with Gasteiger partial charge in [0.15, 0.2) is 5.75 Å². The third-order valence-electron chi connectivity index (χ3n) is 4.93. The molecule has 2 aromatic carbocycles. The number of rotatable bonds is 7. The van der Waals surface area contributed by atoms with Crippen LogP contribution in [0.25, 0.3) is 11.1 Å². The van der Waals surface area contributed by atoms with Crippen LogP contribution < -0.4 is 27.0 Å². The van der Waals surface area contributed by atoms with Gasteiger partial charge in [-0.2, -0.15) is 15.4 Å². The summed E-state index contributed by atoms with van der Waals surface area (Å²) in [7, 11) is 2.98. The second-order valence-corrected chi connectivity index (χ2v) is 8.10. The molecule has 0 saturated heterocycles. The van der Waals surface area contributed by atoms with Gasteiger partial charge in [-0.3, -0.25) is 19.6 Å². The molecular weight excluding hydrogens is 537 g/mol. The van der Waals surface area contributed by atoms with E-state index in [0.29, 0.717) is 22.4 Å². The molecule has 2 amide bonds. The fourth-order valence-electron chi connectivity index (χ4n) is 3.22. The van der Waals surface area contributed by atoms with Crippen molar-refractivity contribution in [2.75, 3.05) is 7.11 Å². The summed E-state index contributed by atoms with van der Waals surface area (Å²) in [5.74, 6) is 2.95. The first-order valence-corrected chi connectivity index (χ1v) is 11.1. The molecule has 0 radical (unpaired) electrons. The fraction of sp³-hybridized carbons (Fsp3) is 0.182. The molecule has 0 aliphatic carbocycles. The molecule has 0 fully saturated rings. The van der Waals surface area contributed by atoms with Gasteiger partial charge in [-0.05, 0) is 23.3 Å². The number of hydroxylamine groups is 1. The van der Waals surface area contributed by atoms with Gasteiger partial charge in [0.05, 0.1) is 46.3 Å². The van der Waals surface area contributed by atoms with Crippen LogP contribution in [0.3, 0.4) is 0 Å². The van der Waals surface area contributed by atoms with Gasteiger partial charge >= 0.3 is 0 Å². The predicted molar refractivity (Wildman–Crippen MR) is 134 cm³/mol. The Morgan fingerprint density at radius 2 is 1.75 bits per heavy atom. The van der Waals surface area contributed by atoms with Crippen LogP contribution in [0.15, 0.2) is 53.5 Å². The molecule has 0 aliphatic heterocycles. The van der Waals surface area contributed by atoms with E-state index in [1.165, 1.54) is 37.2 Å². The first-order chi connectivity index (χ1) is 17.2. The summed E-state index contributed by atoms with van der Waals surface area (Å²) in [6, 6.07) is 10.2. The Morgan fingerprint density at radius 1 is 1.17 bits per heavy atom. The van der Waals surface area contributed by atoms with Crippen molar-refractivity contribution in [3.8, 4) is 16.9 Å². The first kappa shape index (κ1) is 29.0. The average molecular weight is 559 g/mol. The second kappa shape index (κ2) is 13.8. The smallest absolute Gasteiger partial charge is 0.278 e. The molecule has 14 heteroatoms. The number of nitrogens with one attached hydrogen (secondary N) is 2. The number of hydrogen-bond donors (Lipinski definition) is 4. The molecule has 1 aromatic heterocycles. The van der Waals surface area contributed by atoms with Crippen LogP contribution in [0.1, 0.15) is 15.9 Å². The lowest BCUT2D eigenvalue weighted by atomic mass is 10.0. The van der Waals surface area contributed by atoms with Crippen LogP contribution in [0.4, 0.5) is 0 Å². The van der Waals surface area contributed by atoms with Crippen LogP contribution >= 0.6 is 35.1 Å². The highest BCUT2D eigenvalue weighted by Gasteiger charge is 2.24. The van der Waals surface area contributed by atoms with Crippen molar-refractivity contribution in [1.29, 1.82) is 0 Å². The van der Waals surface area contributed by atoms with Gasteiger partial charge in [0.25, 0.3) is 17.4 Å². The lowest BCUT2D eigenvalue weighted by Gasteiger charge is -2.18. The highest BCUT2D eigenvalue weighted by molar-refractivity contribution is 6.39. The molecule has 0 unspecified atom stereocenters. The summed E-state index contributed by atoms with van der Waals surface area (Å²) < 4.78 is 9.68. The Balaban J connectivity index is 0.00000145. The van der Waals surface area contributed by atoms with Crippen LogP contribution in [0, 0.1) is 0 Å². The molecule has 3 rings (SSSR count). The van der Waals surface area contributed by atoms with Gasteiger partial charge < -0.3 is 10.1 Å². The summed E-state index contributed by atoms with van der Waals surface area (Å²) in [6.45, 7) is 0. The van der Waals surface area contributed by atoms with Crippen LogP contribution in [0.2, 0.25) is 10.0 Å². The Kier molecular flexibility index (Phi) is 11.1. The maximum Gasteiger partial charge on any atom is 0.278 e. The van der Waals surface area contributed by atoms with Crippen molar-refractivity contribution in [2.24, 2.45) is 12.9 Å². The minimum atomic E-state index is -1.12. The number of nitrogens with two attached hydrogens (primary N) is 1. The zero-order chi connectivity index (χ0) is 26.8. The zero-order valence-electron chi connectivity index (χ0n) is 19.0. The minimum Gasteiger partial charge on any atom is -0.494 e. The number of halogens is 3. The highest BCUT2D eigenvalue weighted by Crippen LogP contribution is 2.26. The van der Waals surface area contributed by atoms with Gasteiger partial charge in [0, 0.05) is 13.5 Å². The summed E-state index contributed by atoms with van der Waals surface area (Å²) in [4.78, 5) is 37.4. The van der Waals surface area contributed by atoms with E-state index in [1.807, 2.05) is 0 Å². The molecule has 0 aliphatic rings. The van der Waals surface area contributed by atoms with Crippen molar-refractivity contribution >= 4 is 46.9 Å². The summed E-state index contributed by atoms with van der Waals surface area (Å²) in [6.07, 6.45) is 1.49. The number of amides is 2. The van der Waals surface area contributed by atoms with E-state index in [0.717, 1.165) is 0 Å². The van der Waals surface area contributed by atoms with Crippen molar-refractivity contribution < 1.29 is 23.9 Å². The van der Waals surface area contributed by atoms with E-state index in [-0.39, 0.29) is 27.6 Å². The molecular formula is C22H22Cl3N5O6. The molecule has 36 heavy (non-hydrogen) atoms. The SMILES string of the molecule is COc1cnn(C)c(=O)c1-c1ccc(C[C@H](NC(=O)c2c(Cl)cccc2Cl)C(=O)NO)cc1.NOCl. The minimum absolute atomic E-state index is 0.0209. The Hall–Kier alpha value is -3.19. The zero-order valence-corrected chi connectivity index (χ0v) is 21.3. The summed E-state index contributed by atoms with van der Waals surface area (Å²) >= 11 is 16.4. The number of methoxy groups -OCH3 is 1. The largest absolute Gasteiger partial charge is 0.494 e. The van der Waals surface area contributed by atoms with E-state index < -0.39 is 17.9 Å². The standard InChI is InChI=1S/C22H20Cl2N4O5.ClH2NO/c1-28-22(31)18(17(33-2)11-25-28)13-8-6-12(7-9-13)10-16(20(29)27-32)26-21(30)19-14(23)4-3-5-15(19)24;1-3-2/h3-9,11,16,32H,10H2,1-2H3,(H,26,30)(H,27,29);2H2/t16-;/m0./s1. The van der Waals surface area contributed by atoms with Crippen molar-refractivity contribution in [2.45, 2.75) is 12.5 Å². The normalized spacial score (nSPS) is 11.1. The van der Waals surface area contributed by atoms with Gasteiger partial charge in [-0.15, -0.1) is 0 Å². The van der Waals surface area contributed by atoms with Crippen molar-refractivity contribution in [3.63, 3.8) is 0 Å². The molecule has 1 atom stereocenters. The molecule has 0 bridgehead atoms. The van der Waals surface area contributed by atoms with Gasteiger partial charge in [0.1, 0.15) is 6.04 Å². The maximum absolute atomic E-state index is 12.7. The van der Waals surface area contributed by atoms with E-state index in [4.69, 9.17) is 33.1 Å². The van der Waals surface area contributed by atoms with Crippen molar-refractivity contribution in [3.05, 3.63) is 80.2 Å². The number of hydrogen-bond acceptors (Lipinski definition) is 8. The molecule has 0 spiro atoms. The number of aryl methyl sites for hydroxylation is 1. The van der Waals surface area contributed by atoms with Gasteiger partial charge in [-0.25, -0.2) is 10.2 Å². The second-order valence-electron chi connectivity index (χ2n) is 7.11. The quantitative estimate of drug-likeness (QED) is 0.254. The lowest BCUT2D eigenvalue weighted by Crippen LogP contribution is -2.47. The van der Waals surface area contributed by atoms with E-state index in [2.05, 4.69) is 32.6 Å². The Labute approximate surface area is 220 Å². The fourth-order valence-corrected chi connectivity index (χ4v) is 3.79. The third-order valence-corrected chi connectivity index (χ3v) is 5.56.